The van der Waals surface area contributed by atoms with Gasteiger partial charge in [0.15, 0.2) is 16.6 Å². The van der Waals surface area contributed by atoms with Gasteiger partial charge in [-0.1, -0.05) is 0 Å². The van der Waals surface area contributed by atoms with E-state index >= 15 is 0 Å². The maximum atomic E-state index is 10.5. The van der Waals surface area contributed by atoms with Crippen LogP contribution in [0.5, 0.6) is 5.88 Å². The van der Waals surface area contributed by atoms with E-state index in [1.54, 1.807) is 0 Å². The van der Waals surface area contributed by atoms with Crippen molar-refractivity contribution in [2.75, 3.05) is 5.73 Å². The molecule has 0 aliphatic carbocycles. The van der Waals surface area contributed by atoms with Crippen LogP contribution in [0.2, 0.25) is 0 Å². The largest absolute Gasteiger partial charge is 0.493 e. The lowest BCUT2D eigenvalue weighted by molar-refractivity contribution is 0.0994. The Hall–Kier alpha value is -2.95. The molecule has 3 heterocycles. The number of thiol groups is 1. The van der Waals surface area contributed by atoms with Crippen molar-refractivity contribution in [3.63, 3.8) is 0 Å². The molecule has 0 aliphatic rings. The van der Waals surface area contributed by atoms with E-state index in [1.807, 2.05) is 0 Å². The number of rotatable bonds is 1. The summed E-state index contributed by atoms with van der Waals surface area (Å²) in [6.07, 6.45) is 2.92. The number of nitrogens with two attached hydrogens (primary N) is 2. The van der Waals surface area contributed by atoms with E-state index in [0.29, 0.717) is 17.0 Å². The molecule has 1 amide bonds. The maximum Gasteiger partial charge on any atom is 0.267 e. The van der Waals surface area contributed by atoms with Crippen LogP contribution in [0.1, 0.15) is 10.5 Å². The van der Waals surface area contributed by atoms with Gasteiger partial charge in [0.05, 0.1) is 6.33 Å². The van der Waals surface area contributed by atoms with Gasteiger partial charge < -0.3 is 21.6 Å². The Balaban J connectivity index is 0.000000154. The van der Waals surface area contributed by atoms with Crippen LogP contribution in [-0.4, -0.2) is 40.9 Å². The van der Waals surface area contributed by atoms with Gasteiger partial charge in [-0.05, 0) is 0 Å². The third-order valence-corrected chi connectivity index (χ3v) is 2.41. The molecule has 3 rings (SSSR count). The van der Waals surface area contributed by atoms with Gasteiger partial charge >= 0.3 is 0 Å². The summed E-state index contributed by atoms with van der Waals surface area (Å²) in [5.74, 6) is -0.612. The molecule has 0 aromatic carbocycles. The van der Waals surface area contributed by atoms with Gasteiger partial charge in [0.25, 0.3) is 5.91 Å². The summed E-state index contributed by atoms with van der Waals surface area (Å²) in [4.78, 5) is 31.8. The standard InChI is InChI=1S/C5H5N5.C5H5N3O2S/c6-4-3-5(9-1-7-3)10-2-8-4;6-4(10)2-1-3(9)8-5(11)7-2/h1-2H,(H3,6,7,8,9,10);1H,(H2,6,10)(H2,7,8,9,11). The van der Waals surface area contributed by atoms with Crippen molar-refractivity contribution in [3.8, 4) is 5.88 Å². The summed E-state index contributed by atoms with van der Waals surface area (Å²) >= 11 is 3.73. The highest BCUT2D eigenvalue weighted by Gasteiger charge is 2.05. The second-order valence-electron chi connectivity index (χ2n) is 3.64. The van der Waals surface area contributed by atoms with Gasteiger partial charge in [0.2, 0.25) is 5.88 Å². The van der Waals surface area contributed by atoms with Gasteiger partial charge in [-0.25, -0.2) is 19.9 Å². The molecule has 3 aromatic heterocycles. The molecule has 108 valence electrons. The fourth-order valence-corrected chi connectivity index (χ4v) is 1.54. The van der Waals surface area contributed by atoms with Crippen LogP contribution in [0.25, 0.3) is 11.2 Å². The summed E-state index contributed by atoms with van der Waals surface area (Å²) in [6.45, 7) is 0. The van der Waals surface area contributed by atoms with Crippen molar-refractivity contribution in [2.45, 2.75) is 5.16 Å². The minimum atomic E-state index is -0.724. The molecular formula is C10H10N8O2S. The molecule has 0 unspecified atom stereocenters. The highest BCUT2D eigenvalue weighted by atomic mass is 32.1. The van der Waals surface area contributed by atoms with Gasteiger partial charge in [-0.3, -0.25) is 4.79 Å². The van der Waals surface area contributed by atoms with Crippen molar-refractivity contribution in [1.82, 2.24) is 29.9 Å². The molecule has 0 spiro atoms. The molecule has 0 atom stereocenters. The average molecular weight is 306 g/mol. The van der Waals surface area contributed by atoms with E-state index in [1.165, 1.54) is 12.7 Å². The first-order valence-corrected chi connectivity index (χ1v) is 5.88. The molecule has 0 bridgehead atoms. The van der Waals surface area contributed by atoms with Crippen LogP contribution in [0, 0.1) is 0 Å². The van der Waals surface area contributed by atoms with Crippen LogP contribution >= 0.6 is 12.6 Å². The van der Waals surface area contributed by atoms with Gasteiger partial charge in [-0.15, -0.1) is 12.6 Å². The molecule has 0 fully saturated rings. The number of H-pyrrole nitrogens is 1. The minimum Gasteiger partial charge on any atom is -0.493 e. The Morgan fingerprint density at radius 3 is 2.67 bits per heavy atom. The molecule has 11 heteroatoms. The number of hydrogen-bond donors (Lipinski definition) is 5. The number of aromatic nitrogens is 6. The molecule has 0 saturated heterocycles. The Morgan fingerprint density at radius 2 is 2.05 bits per heavy atom. The summed E-state index contributed by atoms with van der Waals surface area (Å²) in [7, 11) is 0. The van der Waals surface area contributed by atoms with Crippen molar-refractivity contribution >= 4 is 35.5 Å². The third kappa shape index (κ3) is 3.54. The third-order valence-electron chi connectivity index (χ3n) is 2.21. The van der Waals surface area contributed by atoms with E-state index < -0.39 is 5.91 Å². The molecule has 0 aliphatic heterocycles. The van der Waals surface area contributed by atoms with E-state index in [0.717, 1.165) is 6.07 Å². The Bertz CT molecular complexity index is 769. The quantitative estimate of drug-likeness (QED) is 0.296. The van der Waals surface area contributed by atoms with Crippen molar-refractivity contribution in [3.05, 3.63) is 24.4 Å². The number of aromatic hydroxyl groups is 1. The van der Waals surface area contributed by atoms with Crippen molar-refractivity contribution in [1.29, 1.82) is 0 Å². The number of carbonyl (C=O) groups excluding carboxylic acids is 1. The van der Waals surface area contributed by atoms with Crippen molar-refractivity contribution in [2.24, 2.45) is 5.73 Å². The number of nitrogens with zero attached hydrogens (tertiary/aromatic N) is 5. The fraction of sp³-hybridized carbons (Fsp3) is 0. The normalized spacial score (nSPS) is 9.95. The van der Waals surface area contributed by atoms with Gasteiger partial charge in [-0.2, -0.15) is 4.98 Å². The molecule has 10 nitrogen and oxygen atoms in total. The Morgan fingerprint density at radius 1 is 1.29 bits per heavy atom. The average Bonchev–Trinajstić information content (AvgIpc) is 2.88. The van der Waals surface area contributed by atoms with E-state index in [-0.39, 0.29) is 16.7 Å². The first-order chi connectivity index (χ1) is 9.97. The van der Waals surface area contributed by atoms with Crippen LogP contribution in [-0.2, 0) is 0 Å². The number of amides is 1. The number of anilines is 1. The molecule has 0 radical (unpaired) electrons. The lowest BCUT2D eigenvalue weighted by Gasteiger charge is -1.95. The minimum absolute atomic E-state index is 0.0128. The summed E-state index contributed by atoms with van der Waals surface area (Å²) in [6, 6.07) is 1.07. The van der Waals surface area contributed by atoms with Crippen LogP contribution < -0.4 is 11.5 Å². The first-order valence-electron chi connectivity index (χ1n) is 5.43. The van der Waals surface area contributed by atoms with E-state index in [9.17, 15) is 4.79 Å². The number of carbonyl (C=O) groups is 1. The van der Waals surface area contributed by atoms with Crippen LogP contribution in [0.15, 0.2) is 23.9 Å². The number of primary amides is 1. The molecule has 6 N–H and O–H groups in total. The Kier molecular flexibility index (Phi) is 4.13. The number of imidazole rings is 1. The topological polar surface area (TPSA) is 170 Å². The summed E-state index contributed by atoms with van der Waals surface area (Å²) in [5.41, 5.74) is 11.6. The lowest BCUT2D eigenvalue weighted by atomic mass is 10.4. The summed E-state index contributed by atoms with van der Waals surface area (Å²) in [5, 5.41) is 8.85. The monoisotopic (exact) mass is 306 g/mol. The van der Waals surface area contributed by atoms with Gasteiger partial charge in [0.1, 0.15) is 17.5 Å². The second-order valence-corrected chi connectivity index (χ2v) is 4.04. The van der Waals surface area contributed by atoms with E-state index in [2.05, 4.69) is 42.5 Å². The number of hydrogen-bond acceptors (Lipinski definition) is 9. The zero-order chi connectivity index (χ0) is 15.4. The Labute approximate surface area is 123 Å². The zero-order valence-corrected chi connectivity index (χ0v) is 11.3. The molecule has 3 aromatic rings. The highest BCUT2D eigenvalue weighted by Crippen LogP contribution is 2.09. The first kappa shape index (κ1) is 14.5. The van der Waals surface area contributed by atoms with Crippen molar-refractivity contribution < 1.29 is 9.90 Å². The fourth-order valence-electron chi connectivity index (χ4n) is 1.33. The SMILES string of the molecule is NC(=O)c1cc(O)nc(S)n1.Nc1ncnc2nc[nH]c12. The number of fused-ring (bicyclic) bond motifs is 1. The molecule has 0 saturated carbocycles. The smallest absolute Gasteiger partial charge is 0.267 e. The predicted octanol–water partition coefficient (Wildman–Crippen LogP) is -0.495. The maximum absolute atomic E-state index is 10.5. The van der Waals surface area contributed by atoms with Crippen LogP contribution in [0.4, 0.5) is 5.82 Å². The number of nitrogens with one attached hydrogen (secondary N) is 1. The lowest BCUT2D eigenvalue weighted by Crippen LogP contribution is -2.13. The number of aromatic amines is 1. The molecule has 21 heavy (non-hydrogen) atoms. The highest BCUT2D eigenvalue weighted by molar-refractivity contribution is 7.80. The van der Waals surface area contributed by atoms with Gasteiger partial charge in [0, 0.05) is 6.07 Å². The van der Waals surface area contributed by atoms with E-state index in [4.69, 9.17) is 16.6 Å². The van der Waals surface area contributed by atoms with Crippen LogP contribution in [0.3, 0.4) is 0 Å². The predicted molar refractivity (Wildman–Crippen MR) is 75.6 cm³/mol. The number of nitrogen functional groups attached to an aromatic ring is 1. The summed E-state index contributed by atoms with van der Waals surface area (Å²) < 4.78 is 0. The second kappa shape index (κ2) is 6.00. The zero-order valence-electron chi connectivity index (χ0n) is 10.4. The molecular weight excluding hydrogens is 296 g/mol.